The lowest BCUT2D eigenvalue weighted by molar-refractivity contribution is 0.0856. The number of thioether (sulfide) groups is 1. The first-order valence-corrected chi connectivity index (χ1v) is 8.45. The molecule has 2 unspecified atom stereocenters. The maximum Gasteiger partial charge on any atom is 0.0332 e. The standard InChI is InChI=1S/C14H28N2S/c1-13-4-2-6-14(12-15,7-5-13)16-8-3-10-17-11-9-16/h13H,2-12,15H2,1H3. The summed E-state index contributed by atoms with van der Waals surface area (Å²) in [5, 5.41) is 0. The summed E-state index contributed by atoms with van der Waals surface area (Å²) in [4.78, 5) is 2.74. The third-order valence-corrected chi connectivity index (χ3v) is 5.76. The number of nitrogens with two attached hydrogens (primary N) is 1. The topological polar surface area (TPSA) is 29.3 Å². The first kappa shape index (κ1) is 13.7. The van der Waals surface area contributed by atoms with Crippen LogP contribution >= 0.6 is 11.8 Å². The van der Waals surface area contributed by atoms with Crippen molar-refractivity contribution in [1.82, 2.24) is 4.90 Å². The zero-order chi connectivity index (χ0) is 12.1. The van der Waals surface area contributed by atoms with Gasteiger partial charge >= 0.3 is 0 Å². The Bertz CT molecular complexity index is 226. The largest absolute Gasteiger partial charge is 0.329 e. The molecule has 0 aromatic rings. The molecule has 3 heteroatoms. The molecule has 17 heavy (non-hydrogen) atoms. The fourth-order valence-electron chi connectivity index (χ4n) is 3.43. The molecule has 2 aliphatic rings. The van der Waals surface area contributed by atoms with E-state index in [1.165, 1.54) is 63.1 Å². The van der Waals surface area contributed by atoms with E-state index in [9.17, 15) is 0 Å². The summed E-state index contributed by atoms with van der Waals surface area (Å²) in [7, 11) is 0. The van der Waals surface area contributed by atoms with Crippen LogP contribution in [0, 0.1) is 5.92 Å². The van der Waals surface area contributed by atoms with Crippen LogP contribution in [0.1, 0.15) is 45.4 Å². The van der Waals surface area contributed by atoms with Crippen molar-refractivity contribution in [3.63, 3.8) is 0 Å². The molecule has 0 amide bonds. The lowest BCUT2D eigenvalue weighted by Gasteiger charge is -2.43. The molecule has 0 bridgehead atoms. The second kappa shape index (κ2) is 6.44. The molecule has 1 saturated carbocycles. The van der Waals surface area contributed by atoms with Gasteiger partial charge < -0.3 is 5.73 Å². The van der Waals surface area contributed by atoms with Crippen LogP contribution in [0.25, 0.3) is 0 Å². The van der Waals surface area contributed by atoms with Crippen molar-refractivity contribution in [3.05, 3.63) is 0 Å². The van der Waals surface area contributed by atoms with E-state index in [4.69, 9.17) is 5.73 Å². The van der Waals surface area contributed by atoms with E-state index in [0.29, 0.717) is 5.54 Å². The molecular formula is C14H28N2S. The maximum atomic E-state index is 6.19. The lowest BCUT2D eigenvalue weighted by Crippen LogP contribution is -2.54. The Hall–Kier alpha value is 0.270. The normalized spacial score (nSPS) is 37.4. The molecule has 0 aromatic carbocycles. The van der Waals surface area contributed by atoms with E-state index in [1.54, 1.807) is 0 Å². The third kappa shape index (κ3) is 3.39. The fourth-order valence-corrected chi connectivity index (χ4v) is 4.32. The van der Waals surface area contributed by atoms with Crippen LogP contribution in [0.3, 0.4) is 0 Å². The highest BCUT2D eigenvalue weighted by Gasteiger charge is 2.36. The van der Waals surface area contributed by atoms with Crippen molar-refractivity contribution in [3.8, 4) is 0 Å². The minimum Gasteiger partial charge on any atom is -0.329 e. The zero-order valence-corrected chi connectivity index (χ0v) is 12.1. The molecule has 1 aliphatic heterocycles. The van der Waals surface area contributed by atoms with Gasteiger partial charge in [-0.3, -0.25) is 4.90 Å². The molecule has 2 nitrogen and oxygen atoms in total. The van der Waals surface area contributed by atoms with Gasteiger partial charge in [-0.2, -0.15) is 11.8 Å². The fraction of sp³-hybridized carbons (Fsp3) is 1.00. The van der Waals surface area contributed by atoms with Crippen molar-refractivity contribution in [2.45, 2.75) is 51.0 Å². The Kier molecular flexibility index (Phi) is 5.19. The Balaban J connectivity index is 2.05. The molecule has 1 heterocycles. The van der Waals surface area contributed by atoms with Gasteiger partial charge in [-0.15, -0.1) is 0 Å². The van der Waals surface area contributed by atoms with Gasteiger partial charge in [0.15, 0.2) is 0 Å². The van der Waals surface area contributed by atoms with E-state index in [0.717, 1.165) is 12.5 Å². The molecular weight excluding hydrogens is 228 g/mol. The zero-order valence-electron chi connectivity index (χ0n) is 11.3. The van der Waals surface area contributed by atoms with Crippen LogP contribution < -0.4 is 5.73 Å². The molecule has 0 radical (unpaired) electrons. The molecule has 100 valence electrons. The molecule has 2 atom stereocenters. The Morgan fingerprint density at radius 2 is 2.06 bits per heavy atom. The minimum atomic E-state index is 0.343. The van der Waals surface area contributed by atoms with Crippen LogP contribution in [0.2, 0.25) is 0 Å². The minimum absolute atomic E-state index is 0.343. The van der Waals surface area contributed by atoms with E-state index < -0.39 is 0 Å². The Morgan fingerprint density at radius 3 is 2.88 bits per heavy atom. The highest BCUT2D eigenvalue weighted by Crippen LogP contribution is 2.35. The predicted octanol–water partition coefficient (Wildman–Crippen LogP) is 2.72. The van der Waals surface area contributed by atoms with Gasteiger partial charge in [0.1, 0.15) is 0 Å². The molecule has 0 spiro atoms. The molecule has 2 fully saturated rings. The molecule has 2 rings (SSSR count). The highest BCUT2D eigenvalue weighted by molar-refractivity contribution is 7.99. The predicted molar refractivity (Wildman–Crippen MR) is 77.5 cm³/mol. The van der Waals surface area contributed by atoms with Gasteiger partial charge in [-0.25, -0.2) is 0 Å². The smallest absolute Gasteiger partial charge is 0.0332 e. The molecule has 0 aromatic heterocycles. The second-order valence-corrected chi connectivity index (χ2v) is 7.14. The first-order valence-electron chi connectivity index (χ1n) is 7.30. The van der Waals surface area contributed by atoms with Gasteiger partial charge in [0, 0.05) is 24.4 Å². The SMILES string of the molecule is CC1CCCC(CN)(N2CCCSCC2)CC1. The van der Waals surface area contributed by atoms with Crippen molar-refractivity contribution < 1.29 is 0 Å². The summed E-state index contributed by atoms with van der Waals surface area (Å²) in [6.07, 6.45) is 8.17. The second-order valence-electron chi connectivity index (χ2n) is 5.92. The van der Waals surface area contributed by atoms with Gasteiger partial charge in [0.2, 0.25) is 0 Å². The van der Waals surface area contributed by atoms with Crippen LogP contribution in [-0.2, 0) is 0 Å². The summed E-state index contributed by atoms with van der Waals surface area (Å²) in [6.45, 7) is 5.81. The van der Waals surface area contributed by atoms with Crippen LogP contribution in [0.4, 0.5) is 0 Å². The van der Waals surface area contributed by atoms with E-state index in [2.05, 4.69) is 23.6 Å². The summed E-state index contributed by atoms with van der Waals surface area (Å²) in [6, 6.07) is 0. The third-order valence-electron chi connectivity index (χ3n) is 4.71. The quantitative estimate of drug-likeness (QED) is 0.770. The van der Waals surface area contributed by atoms with Crippen molar-refractivity contribution in [2.24, 2.45) is 11.7 Å². The average Bonchev–Trinajstić information content (AvgIpc) is 2.70. The van der Waals surface area contributed by atoms with Gasteiger partial charge in [0.05, 0.1) is 0 Å². The van der Waals surface area contributed by atoms with Crippen LogP contribution in [0.15, 0.2) is 0 Å². The van der Waals surface area contributed by atoms with E-state index >= 15 is 0 Å². The monoisotopic (exact) mass is 256 g/mol. The van der Waals surface area contributed by atoms with Crippen molar-refractivity contribution in [2.75, 3.05) is 31.1 Å². The van der Waals surface area contributed by atoms with Crippen LogP contribution in [-0.4, -0.2) is 41.6 Å². The lowest BCUT2D eigenvalue weighted by atomic mass is 9.87. The molecule has 2 N–H and O–H groups in total. The Morgan fingerprint density at radius 1 is 1.18 bits per heavy atom. The summed E-state index contributed by atoms with van der Waals surface area (Å²) in [5.74, 6) is 3.55. The first-order chi connectivity index (χ1) is 8.27. The summed E-state index contributed by atoms with van der Waals surface area (Å²) >= 11 is 2.12. The number of rotatable bonds is 2. The highest BCUT2D eigenvalue weighted by atomic mass is 32.2. The number of nitrogens with zero attached hydrogens (tertiary/aromatic N) is 1. The molecule has 1 saturated heterocycles. The number of hydrogen-bond donors (Lipinski definition) is 1. The average molecular weight is 256 g/mol. The van der Waals surface area contributed by atoms with Gasteiger partial charge in [-0.1, -0.05) is 19.8 Å². The number of hydrogen-bond acceptors (Lipinski definition) is 3. The molecule has 1 aliphatic carbocycles. The van der Waals surface area contributed by atoms with Crippen LogP contribution in [0.5, 0.6) is 0 Å². The van der Waals surface area contributed by atoms with Crippen molar-refractivity contribution in [1.29, 1.82) is 0 Å². The van der Waals surface area contributed by atoms with Gasteiger partial charge in [-0.05, 0) is 43.9 Å². The summed E-state index contributed by atoms with van der Waals surface area (Å²) < 4.78 is 0. The Labute approximate surface area is 111 Å². The summed E-state index contributed by atoms with van der Waals surface area (Å²) in [5.41, 5.74) is 6.53. The van der Waals surface area contributed by atoms with E-state index in [-0.39, 0.29) is 0 Å². The van der Waals surface area contributed by atoms with Gasteiger partial charge in [0.25, 0.3) is 0 Å². The van der Waals surface area contributed by atoms with E-state index in [1.807, 2.05) is 0 Å². The van der Waals surface area contributed by atoms with Crippen molar-refractivity contribution >= 4 is 11.8 Å². The maximum absolute atomic E-state index is 6.19.